The molecule has 1 aromatic rings. The topological polar surface area (TPSA) is 38.7 Å². The van der Waals surface area contributed by atoms with E-state index in [1.807, 2.05) is 32.0 Å². The molecule has 1 fully saturated rings. The number of rotatable bonds is 5. The lowest BCUT2D eigenvalue weighted by molar-refractivity contribution is -0.120. The van der Waals surface area contributed by atoms with Gasteiger partial charge in [-0.05, 0) is 33.6 Å². The van der Waals surface area contributed by atoms with E-state index in [1.165, 1.54) is 0 Å². The number of halogens is 1. The van der Waals surface area contributed by atoms with Gasteiger partial charge in [0.05, 0.1) is 30.9 Å². The number of hydrogen-bond donors (Lipinski definition) is 1. The van der Waals surface area contributed by atoms with E-state index in [2.05, 4.69) is 22.9 Å². The minimum atomic E-state index is -0.241. The maximum Gasteiger partial charge on any atom is 0.133 e. The summed E-state index contributed by atoms with van der Waals surface area (Å²) in [6.45, 7) is 8.50. The zero-order valence-corrected chi connectivity index (χ0v) is 13.3. The van der Waals surface area contributed by atoms with Crippen molar-refractivity contribution < 1.29 is 14.6 Å². The molecule has 0 aromatic heterocycles. The predicted octanol–water partition coefficient (Wildman–Crippen LogP) is 3.13. The highest BCUT2D eigenvalue weighted by atomic mass is 79.9. The second-order valence-electron chi connectivity index (χ2n) is 6.28. The van der Waals surface area contributed by atoms with Crippen LogP contribution in [0.25, 0.3) is 0 Å². The third-order valence-electron chi connectivity index (χ3n) is 3.59. The van der Waals surface area contributed by atoms with Gasteiger partial charge in [0.15, 0.2) is 0 Å². The molecule has 106 valence electrons. The van der Waals surface area contributed by atoms with Gasteiger partial charge in [-0.25, -0.2) is 0 Å². The maximum atomic E-state index is 9.40. The van der Waals surface area contributed by atoms with Gasteiger partial charge in [-0.15, -0.1) is 0 Å². The van der Waals surface area contributed by atoms with Gasteiger partial charge in [0.25, 0.3) is 0 Å². The van der Waals surface area contributed by atoms with E-state index in [1.54, 1.807) is 0 Å². The number of ether oxygens (including phenoxy) is 2. The Hall–Kier alpha value is -0.580. The van der Waals surface area contributed by atoms with Crippen molar-refractivity contribution in [3.8, 4) is 5.75 Å². The predicted molar refractivity (Wildman–Crippen MR) is 78.7 cm³/mol. The molecule has 2 rings (SSSR count). The highest BCUT2D eigenvalue weighted by molar-refractivity contribution is 9.10. The fourth-order valence-electron chi connectivity index (χ4n) is 1.92. The molecular weight excluding hydrogens is 308 g/mol. The van der Waals surface area contributed by atoms with Gasteiger partial charge >= 0.3 is 0 Å². The van der Waals surface area contributed by atoms with Gasteiger partial charge in [-0.3, -0.25) is 0 Å². The third kappa shape index (κ3) is 3.30. The van der Waals surface area contributed by atoms with Crippen LogP contribution in [-0.4, -0.2) is 31.5 Å². The van der Waals surface area contributed by atoms with Crippen LogP contribution in [-0.2, 0) is 10.2 Å². The van der Waals surface area contributed by atoms with Crippen LogP contribution in [0.3, 0.4) is 0 Å². The van der Waals surface area contributed by atoms with Gasteiger partial charge in [-0.2, -0.15) is 0 Å². The number of aliphatic hydroxyl groups excluding tert-OH is 1. The highest BCUT2D eigenvalue weighted by Gasteiger charge is 2.34. The molecule has 3 nitrogen and oxygen atoms in total. The molecule has 1 aliphatic heterocycles. The smallest absolute Gasteiger partial charge is 0.133 e. The van der Waals surface area contributed by atoms with E-state index in [4.69, 9.17) is 9.47 Å². The molecule has 0 amide bonds. The molecule has 0 unspecified atom stereocenters. The third-order valence-corrected chi connectivity index (χ3v) is 4.21. The quantitative estimate of drug-likeness (QED) is 0.902. The van der Waals surface area contributed by atoms with Gasteiger partial charge in [-0.1, -0.05) is 26.8 Å². The summed E-state index contributed by atoms with van der Waals surface area (Å²) in [5.74, 6) is 0.839. The molecule has 4 heteroatoms. The Balaban J connectivity index is 2.07. The van der Waals surface area contributed by atoms with Crippen molar-refractivity contribution >= 4 is 15.9 Å². The minimum Gasteiger partial charge on any atom is -0.492 e. The van der Waals surface area contributed by atoms with Gasteiger partial charge in [0.1, 0.15) is 5.75 Å². The summed E-state index contributed by atoms with van der Waals surface area (Å²) in [5, 5.41) is 9.40. The first-order chi connectivity index (χ1) is 8.86. The summed E-state index contributed by atoms with van der Waals surface area (Å²) >= 11 is 3.54. The first-order valence-electron chi connectivity index (χ1n) is 6.48. The van der Waals surface area contributed by atoms with Crippen LogP contribution in [0, 0.1) is 5.41 Å². The Morgan fingerprint density at radius 3 is 2.58 bits per heavy atom. The number of aliphatic hydroxyl groups is 1. The van der Waals surface area contributed by atoms with E-state index in [9.17, 15) is 5.11 Å². The van der Waals surface area contributed by atoms with Gasteiger partial charge in [0, 0.05) is 10.8 Å². The SMILES string of the molecule is CC1(COc2ccc(C(C)(C)CO)cc2Br)COC1. The van der Waals surface area contributed by atoms with Crippen LogP contribution in [0.2, 0.25) is 0 Å². The molecule has 1 aliphatic rings. The molecule has 1 aromatic carbocycles. The summed E-state index contributed by atoms with van der Waals surface area (Å²) in [5.41, 5.74) is 0.990. The normalized spacial score (nSPS) is 17.9. The summed E-state index contributed by atoms with van der Waals surface area (Å²) in [6, 6.07) is 5.99. The molecule has 1 saturated heterocycles. The first-order valence-corrected chi connectivity index (χ1v) is 7.27. The molecule has 0 spiro atoms. The van der Waals surface area contributed by atoms with Crippen molar-refractivity contribution in [2.24, 2.45) is 5.41 Å². The summed E-state index contributed by atoms with van der Waals surface area (Å²) < 4.78 is 12.0. The zero-order valence-electron chi connectivity index (χ0n) is 11.7. The first kappa shape index (κ1) is 14.8. The average molecular weight is 329 g/mol. The number of hydrogen-bond acceptors (Lipinski definition) is 3. The van der Waals surface area contributed by atoms with E-state index in [0.29, 0.717) is 6.61 Å². The van der Waals surface area contributed by atoms with Crippen LogP contribution in [0.4, 0.5) is 0 Å². The largest absolute Gasteiger partial charge is 0.492 e. The van der Waals surface area contributed by atoms with E-state index in [-0.39, 0.29) is 17.4 Å². The Morgan fingerprint density at radius 2 is 2.11 bits per heavy atom. The van der Waals surface area contributed by atoms with Crippen molar-refractivity contribution in [3.63, 3.8) is 0 Å². The van der Waals surface area contributed by atoms with Crippen LogP contribution >= 0.6 is 15.9 Å². The molecule has 0 aliphatic carbocycles. The fraction of sp³-hybridized carbons (Fsp3) is 0.600. The lowest BCUT2D eigenvalue weighted by Gasteiger charge is -2.37. The summed E-state index contributed by atoms with van der Waals surface area (Å²) in [6.07, 6.45) is 0. The standard InChI is InChI=1S/C15H21BrO3/c1-14(2,7-17)11-4-5-13(12(16)6-11)19-10-15(3)8-18-9-15/h4-6,17H,7-10H2,1-3H3. The number of benzene rings is 1. The second-order valence-corrected chi connectivity index (χ2v) is 7.13. The lowest BCUT2D eigenvalue weighted by Crippen LogP contribution is -2.44. The van der Waals surface area contributed by atoms with Crippen molar-refractivity contribution in [1.82, 2.24) is 0 Å². The summed E-state index contributed by atoms with van der Waals surface area (Å²) in [4.78, 5) is 0. The molecule has 0 saturated carbocycles. The molecule has 0 bridgehead atoms. The van der Waals surface area contributed by atoms with Crippen LogP contribution in [0.5, 0.6) is 5.75 Å². The van der Waals surface area contributed by atoms with Crippen LogP contribution in [0.1, 0.15) is 26.3 Å². The van der Waals surface area contributed by atoms with E-state index >= 15 is 0 Å². The molecule has 0 atom stereocenters. The van der Waals surface area contributed by atoms with E-state index < -0.39 is 0 Å². The molecule has 1 heterocycles. The molecule has 1 N–H and O–H groups in total. The van der Waals surface area contributed by atoms with Crippen molar-refractivity contribution in [1.29, 1.82) is 0 Å². The molecular formula is C15H21BrO3. The highest BCUT2D eigenvalue weighted by Crippen LogP contribution is 2.33. The van der Waals surface area contributed by atoms with Gasteiger partial charge < -0.3 is 14.6 Å². The minimum absolute atomic E-state index is 0.120. The zero-order chi connectivity index (χ0) is 14.1. The average Bonchev–Trinajstić information content (AvgIpc) is 2.35. The van der Waals surface area contributed by atoms with Crippen molar-refractivity contribution in [2.75, 3.05) is 26.4 Å². The Kier molecular flexibility index (Phi) is 4.23. The maximum absolute atomic E-state index is 9.40. The summed E-state index contributed by atoms with van der Waals surface area (Å²) in [7, 11) is 0. The van der Waals surface area contributed by atoms with Crippen molar-refractivity contribution in [3.05, 3.63) is 28.2 Å². The van der Waals surface area contributed by atoms with Crippen LogP contribution < -0.4 is 4.74 Å². The fourth-order valence-corrected chi connectivity index (χ4v) is 2.41. The lowest BCUT2D eigenvalue weighted by atomic mass is 9.86. The van der Waals surface area contributed by atoms with Crippen LogP contribution in [0.15, 0.2) is 22.7 Å². The second kappa shape index (κ2) is 5.43. The molecule has 19 heavy (non-hydrogen) atoms. The molecule has 0 radical (unpaired) electrons. The Labute approximate surface area is 123 Å². The Morgan fingerprint density at radius 1 is 1.42 bits per heavy atom. The van der Waals surface area contributed by atoms with E-state index in [0.717, 1.165) is 29.0 Å². The Bertz CT molecular complexity index is 453. The monoisotopic (exact) mass is 328 g/mol. The van der Waals surface area contributed by atoms with Gasteiger partial charge in [0.2, 0.25) is 0 Å². The van der Waals surface area contributed by atoms with Crippen molar-refractivity contribution in [2.45, 2.75) is 26.2 Å².